The SMILES string of the molecule is COC(=O)c1cccc(OCC(=O)Nc2ccccc2C)c1. The van der Waals surface area contributed by atoms with Gasteiger partial charge < -0.3 is 14.8 Å². The van der Waals surface area contributed by atoms with Crippen molar-refractivity contribution in [1.29, 1.82) is 0 Å². The van der Waals surface area contributed by atoms with Crippen molar-refractivity contribution in [2.24, 2.45) is 0 Å². The monoisotopic (exact) mass is 299 g/mol. The van der Waals surface area contributed by atoms with E-state index in [0.29, 0.717) is 11.3 Å². The van der Waals surface area contributed by atoms with E-state index in [2.05, 4.69) is 10.1 Å². The first-order chi connectivity index (χ1) is 10.6. The van der Waals surface area contributed by atoms with Crippen molar-refractivity contribution >= 4 is 17.6 Å². The number of anilines is 1. The zero-order valence-electron chi connectivity index (χ0n) is 12.5. The molecule has 22 heavy (non-hydrogen) atoms. The molecular formula is C17H17NO4. The van der Waals surface area contributed by atoms with E-state index in [1.165, 1.54) is 13.2 Å². The second-order valence-electron chi connectivity index (χ2n) is 4.67. The fraction of sp³-hybridized carbons (Fsp3) is 0.176. The molecule has 114 valence electrons. The van der Waals surface area contributed by atoms with Crippen molar-refractivity contribution in [1.82, 2.24) is 0 Å². The molecule has 0 spiro atoms. The van der Waals surface area contributed by atoms with Crippen LogP contribution in [0, 0.1) is 6.92 Å². The minimum absolute atomic E-state index is 0.140. The number of nitrogens with one attached hydrogen (secondary N) is 1. The molecule has 0 fully saturated rings. The van der Waals surface area contributed by atoms with Crippen LogP contribution in [0.2, 0.25) is 0 Å². The molecule has 2 aromatic rings. The van der Waals surface area contributed by atoms with Crippen molar-refractivity contribution in [3.05, 3.63) is 59.7 Å². The van der Waals surface area contributed by atoms with Crippen LogP contribution >= 0.6 is 0 Å². The zero-order valence-corrected chi connectivity index (χ0v) is 12.5. The Kier molecular flexibility index (Phi) is 5.14. The molecule has 2 rings (SSSR count). The molecule has 2 aromatic carbocycles. The maximum Gasteiger partial charge on any atom is 0.337 e. The van der Waals surface area contributed by atoms with E-state index >= 15 is 0 Å². The Morgan fingerprint density at radius 1 is 1.09 bits per heavy atom. The second kappa shape index (κ2) is 7.26. The lowest BCUT2D eigenvalue weighted by atomic mass is 10.2. The first kappa shape index (κ1) is 15.6. The summed E-state index contributed by atoms with van der Waals surface area (Å²) in [5, 5.41) is 2.77. The van der Waals surface area contributed by atoms with Gasteiger partial charge in [0.15, 0.2) is 6.61 Å². The third-order valence-corrected chi connectivity index (χ3v) is 3.04. The highest BCUT2D eigenvalue weighted by molar-refractivity contribution is 5.92. The Morgan fingerprint density at radius 2 is 1.86 bits per heavy atom. The summed E-state index contributed by atoms with van der Waals surface area (Å²) in [6.45, 7) is 1.77. The average molecular weight is 299 g/mol. The van der Waals surface area contributed by atoms with Crippen molar-refractivity contribution in [2.75, 3.05) is 19.0 Å². The molecule has 0 radical (unpaired) electrons. The molecule has 0 bridgehead atoms. The van der Waals surface area contributed by atoms with Crippen LogP contribution in [0.3, 0.4) is 0 Å². The zero-order chi connectivity index (χ0) is 15.9. The van der Waals surface area contributed by atoms with Gasteiger partial charge >= 0.3 is 5.97 Å². The van der Waals surface area contributed by atoms with Crippen LogP contribution in [0.15, 0.2) is 48.5 Å². The molecule has 5 nitrogen and oxygen atoms in total. The van der Waals surface area contributed by atoms with Gasteiger partial charge in [0.25, 0.3) is 5.91 Å². The standard InChI is InChI=1S/C17H17NO4/c1-12-6-3-4-9-15(12)18-16(19)11-22-14-8-5-7-13(10-14)17(20)21-2/h3-10H,11H2,1-2H3,(H,18,19). The van der Waals surface area contributed by atoms with E-state index in [9.17, 15) is 9.59 Å². The third-order valence-electron chi connectivity index (χ3n) is 3.04. The highest BCUT2D eigenvalue weighted by Gasteiger charge is 2.08. The van der Waals surface area contributed by atoms with Crippen LogP contribution in [-0.2, 0) is 9.53 Å². The summed E-state index contributed by atoms with van der Waals surface area (Å²) in [6, 6.07) is 14.0. The van der Waals surface area contributed by atoms with E-state index in [-0.39, 0.29) is 12.5 Å². The minimum atomic E-state index is -0.449. The maximum absolute atomic E-state index is 11.9. The number of para-hydroxylation sites is 1. The highest BCUT2D eigenvalue weighted by Crippen LogP contribution is 2.15. The topological polar surface area (TPSA) is 64.6 Å². The predicted molar refractivity (Wildman–Crippen MR) is 83.1 cm³/mol. The quantitative estimate of drug-likeness (QED) is 0.862. The molecule has 0 saturated carbocycles. The number of amides is 1. The van der Waals surface area contributed by atoms with Gasteiger partial charge in [-0.05, 0) is 36.8 Å². The van der Waals surface area contributed by atoms with E-state index < -0.39 is 5.97 Å². The number of carbonyl (C=O) groups excluding carboxylic acids is 2. The van der Waals surface area contributed by atoms with Crippen LogP contribution in [0.5, 0.6) is 5.75 Å². The molecule has 0 aliphatic heterocycles. The van der Waals surface area contributed by atoms with Gasteiger partial charge in [-0.1, -0.05) is 24.3 Å². The lowest BCUT2D eigenvalue weighted by Gasteiger charge is -2.10. The number of methoxy groups -OCH3 is 1. The molecule has 0 atom stereocenters. The number of hydrogen-bond acceptors (Lipinski definition) is 4. The lowest BCUT2D eigenvalue weighted by Crippen LogP contribution is -2.20. The van der Waals surface area contributed by atoms with Gasteiger partial charge in [-0.3, -0.25) is 4.79 Å². The van der Waals surface area contributed by atoms with Gasteiger partial charge in [-0.15, -0.1) is 0 Å². The molecule has 0 heterocycles. The van der Waals surface area contributed by atoms with Crippen molar-refractivity contribution in [3.8, 4) is 5.75 Å². The molecule has 0 aliphatic carbocycles. The normalized spacial score (nSPS) is 9.91. The summed E-state index contributed by atoms with van der Waals surface area (Å²) in [4.78, 5) is 23.3. The van der Waals surface area contributed by atoms with Gasteiger partial charge in [0.05, 0.1) is 12.7 Å². The number of ether oxygens (including phenoxy) is 2. The molecule has 1 amide bonds. The summed E-state index contributed by atoms with van der Waals surface area (Å²) < 4.78 is 10.0. The number of carbonyl (C=O) groups is 2. The second-order valence-corrected chi connectivity index (χ2v) is 4.67. The Hall–Kier alpha value is -2.82. The molecule has 0 unspecified atom stereocenters. The van der Waals surface area contributed by atoms with Crippen LogP contribution < -0.4 is 10.1 Å². The van der Waals surface area contributed by atoms with E-state index in [0.717, 1.165) is 11.3 Å². The van der Waals surface area contributed by atoms with Crippen LogP contribution in [0.4, 0.5) is 5.69 Å². The van der Waals surface area contributed by atoms with Crippen LogP contribution in [0.1, 0.15) is 15.9 Å². The smallest absolute Gasteiger partial charge is 0.337 e. The number of aryl methyl sites for hydroxylation is 1. The van der Waals surface area contributed by atoms with Gasteiger partial charge in [-0.2, -0.15) is 0 Å². The van der Waals surface area contributed by atoms with Crippen LogP contribution in [0.25, 0.3) is 0 Å². The van der Waals surface area contributed by atoms with E-state index in [1.54, 1.807) is 18.2 Å². The Bertz CT molecular complexity index is 682. The molecule has 1 N–H and O–H groups in total. The van der Waals surface area contributed by atoms with Gasteiger partial charge in [0.2, 0.25) is 0 Å². The number of esters is 1. The van der Waals surface area contributed by atoms with E-state index in [4.69, 9.17) is 4.74 Å². The fourth-order valence-electron chi connectivity index (χ4n) is 1.88. The largest absolute Gasteiger partial charge is 0.484 e. The van der Waals surface area contributed by atoms with Crippen molar-refractivity contribution < 1.29 is 19.1 Å². The lowest BCUT2D eigenvalue weighted by molar-refractivity contribution is -0.118. The Morgan fingerprint density at radius 3 is 2.59 bits per heavy atom. The molecule has 0 aliphatic rings. The van der Waals surface area contributed by atoms with Crippen molar-refractivity contribution in [2.45, 2.75) is 6.92 Å². The van der Waals surface area contributed by atoms with Gasteiger partial charge in [0.1, 0.15) is 5.75 Å². The summed E-state index contributed by atoms with van der Waals surface area (Å²) in [6.07, 6.45) is 0. The summed E-state index contributed by atoms with van der Waals surface area (Å²) in [5.41, 5.74) is 2.10. The summed E-state index contributed by atoms with van der Waals surface area (Å²) in [7, 11) is 1.31. The molecule has 5 heteroatoms. The predicted octanol–water partition coefficient (Wildman–Crippen LogP) is 2.80. The van der Waals surface area contributed by atoms with Gasteiger partial charge in [-0.25, -0.2) is 4.79 Å². The minimum Gasteiger partial charge on any atom is -0.484 e. The maximum atomic E-state index is 11.9. The Balaban J connectivity index is 1.94. The summed E-state index contributed by atoms with van der Waals surface area (Å²) >= 11 is 0. The first-order valence-corrected chi connectivity index (χ1v) is 6.77. The highest BCUT2D eigenvalue weighted by atomic mass is 16.5. The number of benzene rings is 2. The average Bonchev–Trinajstić information content (AvgIpc) is 2.54. The first-order valence-electron chi connectivity index (χ1n) is 6.77. The molecular weight excluding hydrogens is 282 g/mol. The molecule has 0 aromatic heterocycles. The number of rotatable bonds is 5. The van der Waals surface area contributed by atoms with E-state index in [1.807, 2.05) is 31.2 Å². The molecule has 0 saturated heterocycles. The van der Waals surface area contributed by atoms with Gasteiger partial charge in [0, 0.05) is 5.69 Å². The Labute approximate surface area is 128 Å². The summed E-state index contributed by atoms with van der Waals surface area (Å²) in [5.74, 6) is -0.282. The number of hydrogen-bond donors (Lipinski definition) is 1. The fourth-order valence-corrected chi connectivity index (χ4v) is 1.88. The van der Waals surface area contributed by atoms with Crippen molar-refractivity contribution in [3.63, 3.8) is 0 Å². The van der Waals surface area contributed by atoms with Crippen LogP contribution in [-0.4, -0.2) is 25.6 Å². The third kappa shape index (κ3) is 4.09.